The Morgan fingerprint density at radius 1 is 1.20 bits per heavy atom. The summed E-state index contributed by atoms with van der Waals surface area (Å²) in [5.74, 6) is 0.419. The van der Waals surface area contributed by atoms with Crippen LogP contribution in [0.4, 0.5) is 19.0 Å². The van der Waals surface area contributed by atoms with Gasteiger partial charge in [-0.25, -0.2) is 4.98 Å². The molecule has 110 valence electrons. The van der Waals surface area contributed by atoms with Crippen LogP contribution in [0.25, 0.3) is 0 Å². The minimum Gasteiger partial charge on any atom is -0.376 e. The van der Waals surface area contributed by atoms with Gasteiger partial charge in [0.1, 0.15) is 11.5 Å². The van der Waals surface area contributed by atoms with Gasteiger partial charge in [0.2, 0.25) is 0 Å². The molecule has 0 bridgehead atoms. The van der Waals surface area contributed by atoms with E-state index < -0.39 is 11.9 Å². The van der Waals surface area contributed by atoms with Gasteiger partial charge in [-0.05, 0) is 37.8 Å². The van der Waals surface area contributed by atoms with Gasteiger partial charge in [-0.2, -0.15) is 13.2 Å². The van der Waals surface area contributed by atoms with Gasteiger partial charge in [-0.1, -0.05) is 6.07 Å². The maximum atomic E-state index is 12.8. The lowest BCUT2D eigenvalue weighted by Gasteiger charge is -2.31. The van der Waals surface area contributed by atoms with Crippen molar-refractivity contribution in [1.29, 1.82) is 0 Å². The van der Waals surface area contributed by atoms with E-state index in [1.54, 1.807) is 6.07 Å². The lowest BCUT2D eigenvalue weighted by Crippen LogP contribution is -2.40. The summed E-state index contributed by atoms with van der Waals surface area (Å²) < 4.78 is 44.1. The van der Waals surface area contributed by atoms with Crippen molar-refractivity contribution in [3.05, 3.63) is 23.9 Å². The van der Waals surface area contributed by atoms with E-state index in [9.17, 15) is 13.2 Å². The largest absolute Gasteiger partial charge is 0.433 e. The number of anilines is 1. The molecule has 3 nitrogen and oxygen atoms in total. The molecule has 2 heterocycles. The topological polar surface area (TPSA) is 25.4 Å². The zero-order chi connectivity index (χ0) is 14.2. The Kier molecular flexibility index (Phi) is 3.58. The molecule has 0 aromatic carbocycles. The maximum Gasteiger partial charge on any atom is 0.433 e. The van der Waals surface area contributed by atoms with Crippen molar-refractivity contribution < 1.29 is 17.9 Å². The SMILES string of the molecule is FC(F)(F)c1cccc(N2CCCO[C@@H]3CCC[C@@H]32)n1. The number of rotatable bonds is 1. The quantitative estimate of drug-likeness (QED) is 0.792. The first kappa shape index (κ1) is 13.7. The van der Waals surface area contributed by atoms with Gasteiger partial charge < -0.3 is 9.64 Å². The molecule has 1 aliphatic heterocycles. The van der Waals surface area contributed by atoms with Crippen LogP contribution in [0.2, 0.25) is 0 Å². The van der Waals surface area contributed by atoms with Crippen LogP contribution in [0.5, 0.6) is 0 Å². The van der Waals surface area contributed by atoms with E-state index in [2.05, 4.69) is 4.98 Å². The van der Waals surface area contributed by atoms with E-state index in [-0.39, 0.29) is 12.1 Å². The average molecular weight is 286 g/mol. The van der Waals surface area contributed by atoms with E-state index in [0.717, 1.165) is 31.7 Å². The van der Waals surface area contributed by atoms with Crippen LogP contribution < -0.4 is 4.90 Å². The molecule has 1 aromatic rings. The van der Waals surface area contributed by atoms with Crippen molar-refractivity contribution in [2.75, 3.05) is 18.1 Å². The Bertz CT molecular complexity index is 478. The first-order valence-electron chi connectivity index (χ1n) is 6.98. The number of halogens is 3. The molecule has 0 N–H and O–H groups in total. The van der Waals surface area contributed by atoms with Gasteiger partial charge in [0.25, 0.3) is 0 Å². The highest BCUT2D eigenvalue weighted by molar-refractivity contribution is 5.42. The molecule has 0 radical (unpaired) electrons. The fourth-order valence-electron chi connectivity index (χ4n) is 3.12. The predicted octanol–water partition coefficient (Wildman–Crippen LogP) is 3.25. The predicted molar refractivity (Wildman–Crippen MR) is 68.6 cm³/mol. The highest BCUT2D eigenvalue weighted by Gasteiger charge is 2.37. The molecule has 1 aliphatic carbocycles. The van der Waals surface area contributed by atoms with Crippen LogP contribution in [0.15, 0.2) is 18.2 Å². The van der Waals surface area contributed by atoms with Gasteiger partial charge in [-0.3, -0.25) is 0 Å². The van der Waals surface area contributed by atoms with Crippen molar-refractivity contribution in [1.82, 2.24) is 4.98 Å². The van der Waals surface area contributed by atoms with Gasteiger partial charge in [0.15, 0.2) is 0 Å². The fraction of sp³-hybridized carbons (Fsp3) is 0.643. The van der Waals surface area contributed by atoms with Crippen molar-refractivity contribution in [3.63, 3.8) is 0 Å². The normalized spacial score (nSPS) is 27.2. The molecule has 1 saturated heterocycles. The third-order valence-corrected chi connectivity index (χ3v) is 4.01. The zero-order valence-corrected chi connectivity index (χ0v) is 11.1. The molecule has 2 aliphatic rings. The van der Waals surface area contributed by atoms with Crippen LogP contribution in [0.1, 0.15) is 31.4 Å². The standard InChI is InChI=1S/C14H17F3N2O/c15-14(16,17)12-6-2-7-13(18-12)19-8-3-9-20-11-5-1-4-10(11)19/h2,6-7,10-11H,1,3-5,8-9H2/t10-,11+/m0/s1. The Hall–Kier alpha value is -1.30. The summed E-state index contributed by atoms with van der Waals surface area (Å²) in [6.07, 6.45) is -0.430. The lowest BCUT2D eigenvalue weighted by molar-refractivity contribution is -0.141. The summed E-state index contributed by atoms with van der Waals surface area (Å²) >= 11 is 0. The lowest BCUT2D eigenvalue weighted by atomic mass is 10.1. The van der Waals surface area contributed by atoms with E-state index >= 15 is 0 Å². The van der Waals surface area contributed by atoms with Crippen LogP contribution in [-0.2, 0) is 10.9 Å². The molecule has 6 heteroatoms. The molecule has 1 aromatic heterocycles. The Balaban J connectivity index is 1.90. The second kappa shape index (κ2) is 5.24. The first-order valence-corrected chi connectivity index (χ1v) is 6.98. The molecule has 0 unspecified atom stereocenters. The second-order valence-electron chi connectivity index (χ2n) is 5.33. The van der Waals surface area contributed by atoms with Gasteiger partial charge in [0.05, 0.1) is 12.1 Å². The van der Waals surface area contributed by atoms with Crippen molar-refractivity contribution in [3.8, 4) is 0 Å². The number of nitrogens with zero attached hydrogens (tertiary/aromatic N) is 2. The summed E-state index contributed by atoms with van der Waals surface area (Å²) in [6, 6.07) is 4.27. The molecule has 0 amide bonds. The third kappa shape index (κ3) is 2.61. The molecule has 20 heavy (non-hydrogen) atoms. The fourth-order valence-corrected chi connectivity index (χ4v) is 3.12. The maximum absolute atomic E-state index is 12.8. The Morgan fingerprint density at radius 2 is 2.05 bits per heavy atom. The molecule has 3 rings (SSSR count). The zero-order valence-electron chi connectivity index (χ0n) is 11.1. The van der Waals surface area contributed by atoms with Crippen LogP contribution in [0, 0.1) is 0 Å². The summed E-state index contributed by atoms with van der Waals surface area (Å²) in [6.45, 7) is 1.38. The number of ether oxygens (including phenoxy) is 1. The van der Waals surface area contributed by atoms with E-state index in [4.69, 9.17) is 4.74 Å². The number of fused-ring (bicyclic) bond motifs is 1. The minimum absolute atomic E-state index is 0.133. The molecule has 0 spiro atoms. The van der Waals surface area contributed by atoms with Gasteiger partial charge >= 0.3 is 6.18 Å². The molecular weight excluding hydrogens is 269 g/mol. The number of hydrogen-bond donors (Lipinski definition) is 0. The third-order valence-electron chi connectivity index (χ3n) is 4.01. The number of alkyl halides is 3. The van der Waals surface area contributed by atoms with Crippen molar-refractivity contribution in [2.45, 2.75) is 44.0 Å². The first-order chi connectivity index (χ1) is 9.55. The summed E-state index contributed by atoms with van der Waals surface area (Å²) in [7, 11) is 0. The summed E-state index contributed by atoms with van der Waals surface area (Å²) in [5.41, 5.74) is -0.824. The minimum atomic E-state index is -4.40. The average Bonchev–Trinajstić information content (AvgIpc) is 2.78. The molecule has 1 saturated carbocycles. The van der Waals surface area contributed by atoms with Crippen LogP contribution >= 0.6 is 0 Å². The summed E-state index contributed by atoms with van der Waals surface area (Å²) in [4.78, 5) is 5.82. The van der Waals surface area contributed by atoms with Crippen molar-refractivity contribution in [2.24, 2.45) is 0 Å². The molecule has 2 fully saturated rings. The molecule has 2 atom stereocenters. The Morgan fingerprint density at radius 3 is 2.85 bits per heavy atom. The van der Waals surface area contributed by atoms with E-state index in [0.29, 0.717) is 19.0 Å². The van der Waals surface area contributed by atoms with Gasteiger partial charge in [-0.15, -0.1) is 0 Å². The van der Waals surface area contributed by atoms with E-state index in [1.807, 2.05) is 4.90 Å². The number of aromatic nitrogens is 1. The van der Waals surface area contributed by atoms with Crippen molar-refractivity contribution >= 4 is 5.82 Å². The highest BCUT2D eigenvalue weighted by Crippen LogP contribution is 2.34. The summed E-state index contributed by atoms with van der Waals surface area (Å²) in [5, 5.41) is 0. The highest BCUT2D eigenvalue weighted by atomic mass is 19.4. The second-order valence-corrected chi connectivity index (χ2v) is 5.33. The smallest absolute Gasteiger partial charge is 0.376 e. The van der Waals surface area contributed by atoms with Crippen LogP contribution in [-0.4, -0.2) is 30.3 Å². The monoisotopic (exact) mass is 286 g/mol. The number of pyridine rings is 1. The van der Waals surface area contributed by atoms with Gasteiger partial charge in [0, 0.05) is 13.2 Å². The van der Waals surface area contributed by atoms with Crippen LogP contribution in [0.3, 0.4) is 0 Å². The van der Waals surface area contributed by atoms with E-state index in [1.165, 1.54) is 6.07 Å². The Labute approximate surface area is 115 Å². The number of hydrogen-bond acceptors (Lipinski definition) is 3. The molecular formula is C14H17F3N2O.